The van der Waals surface area contributed by atoms with Crippen LogP contribution in [0.5, 0.6) is 0 Å². The number of nitrogens with one attached hydrogen (secondary N) is 1. The molecule has 0 saturated carbocycles. The van der Waals surface area contributed by atoms with Crippen molar-refractivity contribution in [2.24, 2.45) is 5.92 Å². The van der Waals surface area contributed by atoms with Gasteiger partial charge in [0.05, 0.1) is 13.2 Å². The molecule has 0 radical (unpaired) electrons. The Morgan fingerprint density at radius 2 is 2.12 bits per heavy atom. The van der Waals surface area contributed by atoms with Crippen LogP contribution < -0.4 is 5.32 Å². The van der Waals surface area contributed by atoms with Crippen molar-refractivity contribution in [2.75, 3.05) is 40.4 Å². The van der Waals surface area contributed by atoms with Crippen LogP contribution in [0.25, 0.3) is 0 Å². The van der Waals surface area contributed by atoms with E-state index in [1.54, 1.807) is 12.0 Å². The number of carbonyl (C=O) groups excluding carboxylic acids is 1. The van der Waals surface area contributed by atoms with Gasteiger partial charge >= 0.3 is 0 Å². The molecule has 0 aromatic carbocycles. The standard InChI is InChI=1S/C11H24N2O2.ClH/c1-5-10(2)9-13(3)11(14)8-12-6-7-15-4;/h10,12H,5-9H2,1-4H3;1H. The predicted molar refractivity (Wildman–Crippen MR) is 69.1 cm³/mol. The van der Waals surface area contributed by atoms with E-state index in [2.05, 4.69) is 19.2 Å². The molecule has 98 valence electrons. The van der Waals surface area contributed by atoms with Gasteiger partial charge in [0.1, 0.15) is 0 Å². The van der Waals surface area contributed by atoms with Gasteiger partial charge in [-0.05, 0) is 5.92 Å². The highest BCUT2D eigenvalue weighted by Gasteiger charge is 2.10. The summed E-state index contributed by atoms with van der Waals surface area (Å²) in [5.41, 5.74) is 0. The van der Waals surface area contributed by atoms with Crippen LogP contribution in [0.2, 0.25) is 0 Å². The zero-order valence-electron chi connectivity index (χ0n) is 10.8. The second-order valence-electron chi connectivity index (χ2n) is 3.96. The third-order valence-electron chi connectivity index (χ3n) is 2.47. The van der Waals surface area contributed by atoms with Gasteiger partial charge < -0.3 is 15.0 Å². The van der Waals surface area contributed by atoms with Crippen LogP contribution >= 0.6 is 12.4 Å². The van der Waals surface area contributed by atoms with E-state index >= 15 is 0 Å². The molecule has 0 aliphatic carbocycles. The minimum atomic E-state index is 0. The summed E-state index contributed by atoms with van der Waals surface area (Å²) in [5.74, 6) is 0.712. The highest BCUT2D eigenvalue weighted by Crippen LogP contribution is 2.02. The molecular formula is C11H25ClN2O2. The SMILES string of the molecule is CCC(C)CN(C)C(=O)CNCCOC.Cl. The number of hydrogen-bond donors (Lipinski definition) is 1. The van der Waals surface area contributed by atoms with E-state index in [-0.39, 0.29) is 18.3 Å². The van der Waals surface area contributed by atoms with Crippen molar-refractivity contribution in [3.63, 3.8) is 0 Å². The van der Waals surface area contributed by atoms with Gasteiger partial charge in [0, 0.05) is 27.2 Å². The summed E-state index contributed by atoms with van der Waals surface area (Å²) in [4.78, 5) is 13.4. The van der Waals surface area contributed by atoms with Gasteiger partial charge in [-0.1, -0.05) is 20.3 Å². The number of nitrogens with zero attached hydrogens (tertiary/aromatic N) is 1. The maximum absolute atomic E-state index is 11.6. The van der Waals surface area contributed by atoms with Crippen LogP contribution in [-0.2, 0) is 9.53 Å². The lowest BCUT2D eigenvalue weighted by Crippen LogP contribution is -2.38. The molecule has 0 aliphatic heterocycles. The maximum Gasteiger partial charge on any atom is 0.236 e. The molecule has 5 heteroatoms. The zero-order chi connectivity index (χ0) is 11.7. The molecule has 0 aromatic heterocycles. The van der Waals surface area contributed by atoms with Crippen molar-refractivity contribution in [1.29, 1.82) is 0 Å². The molecule has 0 aromatic rings. The maximum atomic E-state index is 11.6. The molecule has 0 spiro atoms. The van der Waals surface area contributed by atoms with Gasteiger partial charge in [-0.3, -0.25) is 4.79 Å². The minimum Gasteiger partial charge on any atom is -0.383 e. The summed E-state index contributed by atoms with van der Waals surface area (Å²) in [6.45, 7) is 6.89. The Morgan fingerprint density at radius 3 is 2.62 bits per heavy atom. The third kappa shape index (κ3) is 8.95. The average Bonchev–Trinajstić information content (AvgIpc) is 2.23. The number of rotatable bonds is 8. The molecule has 0 aliphatic rings. The highest BCUT2D eigenvalue weighted by atomic mass is 35.5. The van der Waals surface area contributed by atoms with Gasteiger partial charge in [-0.2, -0.15) is 0 Å². The summed E-state index contributed by atoms with van der Waals surface area (Å²) in [6, 6.07) is 0. The Labute approximate surface area is 105 Å². The van der Waals surface area contributed by atoms with Crippen LogP contribution in [0.1, 0.15) is 20.3 Å². The van der Waals surface area contributed by atoms with Crippen molar-refractivity contribution in [3.05, 3.63) is 0 Å². The van der Waals surface area contributed by atoms with Crippen LogP contribution in [0.15, 0.2) is 0 Å². The topological polar surface area (TPSA) is 41.6 Å². The van der Waals surface area contributed by atoms with E-state index in [0.29, 0.717) is 19.1 Å². The first-order valence-electron chi connectivity index (χ1n) is 5.55. The highest BCUT2D eigenvalue weighted by molar-refractivity contribution is 5.85. The Balaban J connectivity index is 0. The summed E-state index contributed by atoms with van der Waals surface area (Å²) >= 11 is 0. The second kappa shape index (κ2) is 11.2. The summed E-state index contributed by atoms with van der Waals surface area (Å²) in [7, 11) is 3.51. The van der Waals surface area contributed by atoms with E-state index in [1.807, 2.05) is 7.05 Å². The Bertz CT molecular complexity index is 179. The van der Waals surface area contributed by atoms with E-state index in [4.69, 9.17) is 4.74 Å². The van der Waals surface area contributed by atoms with E-state index in [0.717, 1.165) is 19.5 Å². The second-order valence-corrected chi connectivity index (χ2v) is 3.96. The molecular weight excluding hydrogens is 228 g/mol. The van der Waals surface area contributed by atoms with Crippen molar-refractivity contribution in [3.8, 4) is 0 Å². The largest absolute Gasteiger partial charge is 0.383 e. The van der Waals surface area contributed by atoms with E-state index < -0.39 is 0 Å². The van der Waals surface area contributed by atoms with Crippen LogP contribution in [-0.4, -0.2) is 51.2 Å². The normalized spacial score (nSPS) is 11.8. The fraction of sp³-hybridized carbons (Fsp3) is 0.909. The molecule has 0 saturated heterocycles. The molecule has 1 amide bonds. The quantitative estimate of drug-likeness (QED) is 0.659. The fourth-order valence-corrected chi connectivity index (χ4v) is 1.20. The van der Waals surface area contributed by atoms with Gasteiger partial charge in [-0.15, -0.1) is 12.4 Å². The van der Waals surface area contributed by atoms with Crippen molar-refractivity contribution < 1.29 is 9.53 Å². The van der Waals surface area contributed by atoms with Crippen LogP contribution in [0, 0.1) is 5.92 Å². The van der Waals surface area contributed by atoms with Gasteiger partial charge in [-0.25, -0.2) is 0 Å². The van der Waals surface area contributed by atoms with Gasteiger partial charge in [0.15, 0.2) is 0 Å². The molecule has 0 heterocycles. The first-order valence-corrected chi connectivity index (χ1v) is 5.55. The summed E-state index contributed by atoms with van der Waals surface area (Å²) < 4.78 is 4.88. The summed E-state index contributed by atoms with van der Waals surface area (Å²) in [5, 5.41) is 3.04. The lowest BCUT2D eigenvalue weighted by Gasteiger charge is -2.20. The fourth-order valence-electron chi connectivity index (χ4n) is 1.20. The van der Waals surface area contributed by atoms with Crippen LogP contribution in [0.4, 0.5) is 0 Å². The van der Waals surface area contributed by atoms with E-state index in [9.17, 15) is 4.79 Å². The lowest BCUT2D eigenvalue weighted by molar-refractivity contribution is -0.129. The molecule has 4 nitrogen and oxygen atoms in total. The molecule has 1 unspecified atom stereocenters. The van der Waals surface area contributed by atoms with Crippen molar-refractivity contribution in [1.82, 2.24) is 10.2 Å². The predicted octanol–water partition coefficient (Wildman–Crippen LogP) is 1.15. The summed E-state index contributed by atoms with van der Waals surface area (Å²) in [6.07, 6.45) is 1.11. The molecule has 0 bridgehead atoms. The Hall–Kier alpha value is -0.320. The smallest absolute Gasteiger partial charge is 0.236 e. The number of likely N-dealkylation sites (N-methyl/N-ethyl adjacent to an activating group) is 1. The monoisotopic (exact) mass is 252 g/mol. The molecule has 1 atom stereocenters. The van der Waals surface area contributed by atoms with Crippen molar-refractivity contribution in [2.45, 2.75) is 20.3 Å². The Kier molecular flexibility index (Phi) is 12.6. The number of halogens is 1. The average molecular weight is 253 g/mol. The number of methoxy groups -OCH3 is 1. The third-order valence-corrected chi connectivity index (χ3v) is 2.47. The first kappa shape index (κ1) is 18.1. The molecule has 0 fully saturated rings. The number of ether oxygens (including phenoxy) is 1. The number of amides is 1. The van der Waals surface area contributed by atoms with Crippen molar-refractivity contribution >= 4 is 18.3 Å². The minimum absolute atomic E-state index is 0. The first-order chi connectivity index (χ1) is 7.11. The van der Waals surface area contributed by atoms with Crippen LogP contribution in [0.3, 0.4) is 0 Å². The number of carbonyl (C=O) groups is 1. The molecule has 1 N–H and O–H groups in total. The van der Waals surface area contributed by atoms with Gasteiger partial charge in [0.25, 0.3) is 0 Å². The van der Waals surface area contributed by atoms with Gasteiger partial charge in [0.2, 0.25) is 5.91 Å². The van der Waals surface area contributed by atoms with E-state index in [1.165, 1.54) is 0 Å². The molecule has 16 heavy (non-hydrogen) atoms. The Morgan fingerprint density at radius 1 is 1.50 bits per heavy atom. The number of hydrogen-bond acceptors (Lipinski definition) is 3. The molecule has 0 rings (SSSR count). The zero-order valence-corrected chi connectivity index (χ0v) is 11.6. The lowest BCUT2D eigenvalue weighted by atomic mass is 10.1.